The van der Waals surface area contributed by atoms with Crippen molar-refractivity contribution in [3.05, 3.63) is 35.8 Å². The SMILES string of the molecule is CCOC(=O)/C(C#N)=C\Nc1ccc(F)c(OC)c1. The molecule has 19 heavy (non-hydrogen) atoms. The molecule has 6 heteroatoms. The Hall–Kier alpha value is -2.55. The van der Waals surface area contributed by atoms with Gasteiger partial charge >= 0.3 is 5.97 Å². The van der Waals surface area contributed by atoms with Crippen LogP contribution in [0.3, 0.4) is 0 Å². The molecule has 0 fully saturated rings. The van der Waals surface area contributed by atoms with Gasteiger partial charge in [0.1, 0.15) is 6.07 Å². The van der Waals surface area contributed by atoms with Crippen molar-refractivity contribution in [2.45, 2.75) is 6.92 Å². The molecule has 0 radical (unpaired) electrons. The van der Waals surface area contributed by atoms with E-state index in [-0.39, 0.29) is 17.9 Å². The number of halogens is 1. The van der Waals surface area contributed by atoms with Gasteiger partial charge in [-0.2, -0.15) is 5.26 Å². The number of methoxy groups -OCH3 is 1. The number of benzene rings is 1. The molecule has 1 rings (SSSR count). The van der Waals surface area contributed by atoms with E-state index in [1.807, 2.05) is 0 Å². The number of hydrogen-bond acceptors (Lipinski definition) is 5. The van der Waals surface area contributed by atoms with Crippen molar-refractivity contribution < 1.29 is 18.7 Å². The number of nitrogens with one attached hydrogen (secondary N) is 1. The van der Waals surface area contributed by atoms with Crippen LogP contribution in [0.1, 0.15) is 6.92 Å². The quantitative estimate of drug-likeness (QED) is 0.501. The van der Waals surface area contributed by atoms with E-state index in [9.17, 15) is 9.18 Å². The summed E-state index contributed by atoms with van der Waals surface area (Å²) < 4.78 is 22.7. The second-order valence-corrected chi connectivity index (χ2v) is 3.38. The first-order chi connectivity index (χ1) is 9.12. The van der Waals surface area contributed by atoms with Gasteiger partial charge in [-0.3, -0.25) is 0 Å². The van der Waals surface area contributed by atoms with E-state index in [2.05, 4.69) is 5.32 Å². The summed E-state index contributed by atoms with van der Waals surface area (Å²) in [6.45, 7) is 1.83. The van der Waals surface area contributed by atoms with E-state index in [1.54, 1.807) is 13.0 Å². The van der Waals surface area contributed by atoms with Gasteiger partial charge in [0.25, 0.3) is 0 Å². The number of hydrogen-bond donors (Lipinski definition) is 1. The van der Waals surface area contributed by atoms with E-state index in [1.165, 1.54) is 31.5 Å². The van der Waals surface area contributed by atoms with Gasteiger partial charge in [-0.25, -0.2) is 9.18 Å². The number of nitrogens with zero attached hydrogens (tertiary/aromatic N) is 1. The Bertz CT molecular complexity index is 535. The molecule has 0 aromatic heterocycles. The summed E-state index contributed by atoms with van der Waals surface area (Å²) in [5, 5.41) is 11.5. The number of carbonyl (C=O) groups excluding carboxylic acids is 1. The second kappa shape index (κ2) is 7.01. The smallest absolute Gasteiger partial charge is 0.350 e. The number of carbonyl (C=O) groups is 1. The molecule has 0 aliphatic carbocycles. The minimum absolute atomic E-state index is 0.0630. The minimum atomic E-state index is -0.716. The van der Waals surface area contributed by atoms with Crippen molar-refractivity contribution in [2.24, 2.45) is 0 Å². The largest absolute Gasteiger partial charge is 0.494 e. The minimum Gasteiger partial charge on any atom is -0.494 e. The lowest BCUT2D eigenvalue weighted by Crippen LogP contribution is -2.07. The van der Waals surface area contributed by atoms with Gasteiger partial charge in [0.15, 0.2) is 17.1 Å². The van der Waals surface area contributed by atoms with Gasteiger partial charge in [-0.1, -0.05) is 0 Å². The monoisotopic (exact) mass is 264 g/mol. The van der Waals surface area contributed by atoms with Crippen molar-refractivity contribution in [3.63, 3.8) is 0 Å². The maximum Gasteiger partial charge on any atom is 0.350 e. The van der Waals surface area contributed by atoms with Gasteiger partial charge in [0, 0.05) is 18.0 Å². The van der Waals surface area contributed by atoms with E-state index >= 15 is 0 Å². The molecular weight excluding hydrogens is 251 g/mol. The molecule has 0 aliphatic heterocycles. The van der Waals surface area contributed by atoms with E-state index < -0.39 is 11.8 Å². The lowest BCUT2D eigenvalue weighted by atomic mass is 10.2. The van der Waals surface area contributed by atoms with Gasteiger partial charge in [0.05, 0.1) is 13.7 Å². The molecule has 0 unspecified atom stereocenters. The summed E-state index contributed by atoms with van der Waals surface area (Å²) in [6, 6.07) is 5.79. The fourth-order valence-electron chi connectivity index (χ4n) is 1.25. The van der Waals surface area contributed by atoms with Crippen molar-refractivity contribution in [2.75, 3.05) is 19.0 Å². The van der Waals surface area contributed by atoms with E-state index in [0.717, 1.165) is 0 Å². The molecule has 5 nitrogen and oxygen atoms in total. The highest BCUT2D eigenvalue weighted by Gasteiger charge is 2.09. The van der Waals surface area contributed by atoms with Crippen LogP contribution in [0, 0.1) is 17.1 Å². The highest BCUT2D eigenvalue weighted by atomic mass is 19.1. The van der Waals surface area contributed by atoms with Crippen LogP contribution in [0.25, 0.3) is 0 Å². The molecular formula is C13H13FN2O3. The molecule has 0 heterocycles. The molecule has 0 bridgehead atoms. The maximum absolute atomic E-state index is 13.2. The van der Waals surface area contributed by atoms with Crippen molar-refractivity contribution in [3.8, 4) is 11.8 Å². The zero-order valence-corrected chi connectivity index (χ0v) is 10.6. The first-order valence-corrected chi connectivity index (χ1v) is 5.49. The number of nitriles is 1. The highest BCUT2D eigenvalue weighted by molar-refractivity contribution is 5.93. The third-order valence-electron chi connectivity index (χ3n) is 2.15. The Morgan fingerprint density at radius 3 is 2.89 bits per heavy atom. The molecule has 1 aromatic carbocycles. The highest BCUT2D eigenvalue weighted by Crippen LogP contribution is 2.21. The van der Waals surface area contributed by atoms with Crippen LogP contribution in [0.15, 0.2) is 30.0 Å². The Balaban J connectivity index is 2.84. The summed E-state index contributed by atoms with van der Waals surface area (Å²) in [5.74, 6) is -1.15. The second-order valence-electron chi connectivity index (χ2n) is 3.38. The molecule has 0 spiro atoms. The standard InChI is InChI=1S/C13H13FN2O3/c1-3-19-13(17)9(7-15)8-16-10-4-5-11(14)12(6-10)18-2/h4-6,8,16H,3H2,1-2H3/b9-8-. The molecule has 100 valence electrons. The fraction of sp³-hybridized carbons (Fsp3) is 0.231. The van der Waals surface area contributed by atoms with Crippen LogP contribution in [0.2, 0.25) is 0 Å². The predicted molar refractivity (Wildman–Crippen MR) is 66.9 cm³/mol. The molecule has 0 saturated heterocycles. The van der Waals surface area contributed by atoms with Crippen LogP contribution in [0.5, 0.6) is 5.75 Å². The summed E-state index contributed by atoms with van der Waals surface area (Å²) >= 11 is 0. The lowest BCUT2D eigenvalue weighted by molar-refractivity contribution is -0.138. The topological polar surface area (TPSA) is 71.4 Å². The number of ether oxygens (including phenoxy) is 2. The van der Waals surface area contributed by atoms with Crippen LogP contribution >= 0.6 is 0 Å². The third-order valence-corrected chi connectivity index (χ3v) is 2.15. The first kappa shape index (κ1) is 14.5. The Kier molecular flexibility index (Phi) is 5.35. The molecule has 0 aliphatic rings. The average molecular weight is 264 g/mol. The summed E-state index contributed by atoms with van der Waals surface area (Å²) in [6.07, 6.45) is 1.20. The van der Waals surface area contributed by atoms with Crippen LogP contribution < -0.4 is 10.1 Å². The molecule has 1 N–H and O–H groups in total. The number of esters is 1. The Morgan fingerprint density at radius 2 is 2.32 bits per heavy atom. The fourth-order valence-corrected chi connectivity index (χ4v) is 1.25. The van der Waals surface area contributed by atoms with Crippen LogP contribution in [-0.2, 0) is 9.53 Å². The Morgan fingerprint density at radius 1 is 1.58 bits per heavy atom. The van der Waals surface area contributed by atoms with Gasteiger partial charge in [-0.15, -0.1) is 0 Å². The van der Waals surface area contributed by atoms with Crippen LogP contribution in [0.4, 0.5) is 10.1 Å². The molecule has 0 amide bonds. The van der Waals surface area contributed by atoms with Gasteiger partial charge < -0.3 is 14.8 Å². The lowest BCUT2D eigenvalue weighted by Gasteiger charge is -2.06. The summed E-state index contributed by atoms with van der Waals surface area (Å²) in [5.41, 5.74) is 0.306. The summed E-state index contributed by atoms with van der Waals surface area (Å²) in [7, 11) is 1.34. The zero-order valence-electron chi connectivity index (χ0n) is 10.6. The van der Waals surface area contributed by atoms with Crippen LogP contribution in [-0.4, -0.2) is 19.7 Å². The Labute approximate surface area is 110 Å². The maximum atomic E-state index is 13.2. The van der Waals surface area contributed by atoms with E-state index in [4.69, 9.17) is 14.7 Å². The van der Waals surface area contributed by atoms with Gasteiger partial charge in [0.2, 0.25) is 0 Å². The van der Waals surface area contributed by atoms with Crippen molar-refractivity contribution >= 4 is 11.7 Å². The summed E-state index contributed by atoms with van der Waals surface area (Å²) in [4.78, 5) is 11.3. The first-order valence-electron chi connectivity index (χ1n) is 5.49. The number of anilines is 1. The van der Waals surface area contributed by atoms with Crippen molar-refractivity contribution in [1.29, 1.82) is 5.26 Å². The normalized spacial score (nSPS) is 10.5. The average Bonchev–Trinajstić information content (AvgIpc) is 2.41. The van der Waals surface area contributed by atoms with E-state index in [0.29, 0.717) is 5.69 Å². The van der Waals surface area contributed by atoms with Crippen molar-refractivity contribution in [1.82, 2.24) is 0 Å². The zero-order chi connectivity index (χ0) is 14.3. The molecule has 1 aromatic rings. The number of rotatable bonds is 5. The molecule has 0 atom stereocenters. The third kappa shape index (κ3) is 4.00. The molecule has 0 saturated carbocycles. The predicted octanol–water partition coefficient (Wildman–Crippen LogP) is 2.22. The van der Waals surface area contributed by atoms with Gasteiger partial charge in [-0.05, 0) is 19.1 Å².